The zero-order valence-corrected chi connectivity index (χ0v) is 15.9. The number of aliphatic hydroxyl groups excluding tert-OH is 1. The number of rotatable bonds is 4. The van der Waals surface area contributed by atoms with Crippen molar-refractivity contribution in [2.45, 2.75) is 50.0 Å². The Morgan fingerprint density at radius 3 is 2.73 bits per heavy atom. The number of likely N-dealkylation sites (N-methyl/N-ethyl adjacent to an activating group) is 1. The monoisotopic (exact) mass is 362 g/mol. The molecule has 1 amide bonds. The fourth-order valence-corrected chi connectivity index (χ4v) is 4.10. The molecular formula is C20H30N2O4. The quantitative estimate of drug-likeness (QED) is 0.880. The number of benzene rings is 1. The zero-order valence-electron chi connectivity index (χ0n) is 15.9. The molecule has 1 aliphatic carbocycles. The second-order valence-electron chi connectivity index (χ2n) is 7.71. The SMILES string of the molecule is CN(C)C(=O)[C@@]1(C)CN([C@H]2CCC[C@@H](Oc3ccccc3)[C@@H]2O)CCO1. The van der Waals surface area contributed by atoms with Crippen LogP contribution in [-0.2, 0) is 9.53 Å². The topological polar surface area (TPSA) is 62.2 Å². The standard InChI is InChI=1S/C20H30N2O4/c1-20(19(24)21(2)3)14-22(12-13-25-20)16-10-7-11-17(18(16)23)26-15-8-5-4-6-9-15/h4-6,8-9,16-18,23H,7,10-14H2,1-3H3/t16-,17+,18+,20+/m0/s1. The highest BCUT2D eigenvalue weighted by Gasteiger charge is 2.45. The van der Waals surface area contributed by atoms with Crippen molar-refractivity contribution < 1.29 is 19.4 Å². The van der Waals surface area contributed by atoms with Gasteiger partial charge in [-0.2, -0.15) is 0 Å². The summed E-state index contributed by atoms with van der Waals surface area (Å²) in [6.07, 6.45) is 1.93. The number of hydrogen-bond donors (Lipinski definition) is 1. The Labute approximate surface area is 155 Å². The molecule has 2 fully saturated rings. The molecule has 1 saturated heterocycles. The Morgan fingerprint density at radius 1 is 1.31 bits per heavy atom. The highest BCUT2D eigenvalue weighted by molar-refractivity contribution is 5.84. The van der Waals surface area contributed by atoms with E-state index in [1.54, 1.807) is 19.0 Å². The number of carbonyl (C=O) groups is 1. The van der Waals surface area contributed by atoms with Crippen LogP contribution in [0.25, 0.3) is 0 Å². The van der Waals surface area contributed by atoms with Crippen molar-refractivity contribution >= 4 is 5.91 Å². The lowest BCUT2D eigenvalue weighted by molar-refractivity contribution is -0.172. The van der Waals surface area contributed by atoms with E-state index in [0.717, 1.165) is 31.6 Å². The number of morpholine rings is 1. The van der Waals surface area contributed by atoms with Crippen LogP contribution in [0.2, 0.25) is 0 Å². The number of amides is 1. The van der Waals surface area contributed by atoms with E-state index < -0.39 is 11.7 Å². The predicted molar refractivity (Wildman–Crippen MR) is 99.1 cm³/mol. The van der Waals surface area contributed by atoms with Crippen LogP contribution in [0.15, 0.2) is 30.3 Å². The maximum Gasteiger partial charge on any atom is 0.255 e. The van der Waals surface area contributed by atoms with Crippen LogP contribution in [0, 0.1) is 0 Å². The van der Waals surface area contributed by atoms with E-state index in [2.05, 4.69) is 4.90 Å². The fourth-order valence-electron chi connectivity index (χ4n) is 4.10. The van der Waals surface area contributed by atoms with Gasteiger partial charge >= 0.3 is 0 Å². The summed E-state index contributed by atoms with van der Waals surface area (Å²) in [5.74, 6) is 0.747. The first-order chi connectivity index (χ1) is 12.4. The molecule has 1 aromatic carbocycles. The predicted octanol–water partition coefficient (Wildman–Crippen LogP) is 1.53. The molecule has 1 N–H and O–H groups in total. The van der Waals surface area contributed by atoms with Crippen LogP contribution >= 0.6 is 0 Å². The van der Waals surface area contributed by atoms with Crippen molar-refractivity contribution in [2.75, 3.05) is 33.8 Å². The number of ether oxygens (including phenoxy) is 2. The van der Waals surface area contributed by atoms with Gasteiger partial charge < -0.3 is 19.5 Å². The summed E-state index contributed by atoms with van der Waals surface area (Å²) in [5, 5.41) is 11.0. The Balaban J connectivity index is 1.69. The molecule has 0 bridgehead atoms. The summed E-state index contributed by atoms with van der Waals surface area (Å²) >= 11 is 0. The van der Waals surface area contributed by atoms with Crippen LogP contribution in [-0.4, -0.2) is 78.5 Å². The van der Waals surface area contributed by atoms with Crippen molar-refractivity contribution in [3.05, 3.63) is 30.3 Å². The summed E-state index contributed by atoms with van der Waals surface area (Å²) in [6, 6.07) is 9.62. The van der Waals surface area contributed by atoms with Gasteiger partial charge in [0.2, 0.25) is 0 Å². The summed E-state index contributed by atoms with van der Waals surface area (Å²) in [4.78, 5) is 16.3. The third-order valence-corrected chi connectivity index (χ3v) is 5.43. The minimum atomic E-state index is -0.866. The minimum Gasteiger partial charge on any atom is -0.488 e. The van der Waals surface area contributed by atoms with Crippen LogP contribution in [0.5, 0.6) is 5.75 Å². The average molecular weight is 362 g/mol. The molecule has 0 aromatic heterocycles. The van der Waals surface area contributed by atoms with E-state index in [-0.39, 0.29) is 18.1 Å². The van der Waals surface area contributed by atoms with E-state index >= 15 is 0 Å². The van der Waals surface area contributed by atoms with Crippen molar-refractivity contribution in [1.82, 2.24) is 9.80 Å². The maximum atomic E-state index is 12.5. The molecule has 144 valence electrons. The normalized spacial score (nSPS) is 32.8. The van der Waals surface area contributed by atoms with Gasteiger partial charge in [0.1, 0.15) is 18.0 Å². The summed E-state index contributed by atoms with van der Waals surface area (Å²) in [6.45, 7) is 3.54. The van der Waals surface area contributed by atoms with Gasteiger partial charge in [-0.3, -0.25) is 9.69 Å². The molecule has 0 spiro atoms. The summed E-state index contributed by atoms with van der Waals surface area (Å²) in [7, 11) is 3.49. The van der Waals surface area contributed by atoms with Crippen molar-refractivity contribution in [3.8, 4) is 5.75 Å². The third-order valence-electron chi connectivity index (χ3n) is 5.43. The molecule has 6 nitrogen and oxygen atoms in total. The number of hydrogen-bond acceptors (Lipinski definition) is 5. The van der Waals surface area contributed by atoms with Gasteiger partial charge in [0.05, 0.1) is 6.61 Å². The van der Waals surface area contributed by atoms with Crippen LogP contribution in [0.1, 0.15) is 26.2 Å². The molecule has 1 heterocycles. The minimum absolute atomic E-state index is 0.0179. The van der Waals surface area contributed by atoms with Gasteiger partial charge in [0, 0.05) is 33.2 Å². The fraction of sp³-hybridized carbons (Fsp3) is 0.650. The molecule has 0 unspecified atom stereocenters. The first kappa shape index (κ1) is 19.1. The highest BCUT2D eigenvalue weighted by Crippen LogP contribution is 2.30. The van der Waals surface area contributed by atoms with Crippen molar-refractivity contribution in [2.24, 2.45) is 0 Å². The Hall–Kier alpha value is -1.63. The van der Waals surface area contributed by atoms with Gasteiger partial charge in [-0.15, -0.1) is 0 Å². The number of nitrogens with zero attached hydrogens (tertiary/aromatic N) is 2. The lowest BCUT2D eigenvalue weighted by Crippen LogP contribution is -2.63. The summed E-state index contributed by atoms with van der Waals surface area (Å²) in [5.41, 5.74) is -0.866. The Bertz CT molecular complexity index is 609. The van der Waals surface area contributed by atoms with Gasteiger partial charge in [-0.25, -0.2) is 0 Å². The lowest BCUT2D eigenvalue weighted by Gasteiger charge is -2.47. The molecule has 1 saturated carbocycles. The number of carbonyl (C=O) groups excluding carboxylic acids is 1. The smallest absolute Gasteiger partial charge is 0.255 e. The molecule has 1 aromatic rings. The van der Waals surface area contributed by atoms with E-state index in [4.69, 9.17) is 9.47 Å². The second kappa shape index (κ2) is 7.94. The molecule has 0 radical (unpaired) electrons. The first-order valence-corrected chi connectivity index (χ1v) is 9.40. The van der Waals surface area contributed by atoms with Crippen LogP contribution < -0.4 is 4.74 Å². The van der Waals surface area contributed by atoms with E-state index in [1.807, 2.05) is 37.3 Å². The average Bonchev–Trinajstić information content (AvgIpc) is 2.63. The lowest BCUT2D eigenvalue weighted by atomic mass is 9.87. The van der Waals surface area contributed by atoms with Gasteiger partial charge in [-0.1, -0.05) is 18.2 Å². The van der Waals surface area contributed by atoms with Crippen LogP contribution in [0.4, 0.5) is 0 Å². The molecule has 2 aliphatic rings. The maximum absolute atomic E-state index is 12.5. The number of para-hydroxylation sites is 1. The highest BCUT2D eigenvalue weighted by atomic mass is 16.5. The molecule has 4 atom stereocenters. The first-order valence-electron chi connectivity index (χ1n) is 9.40. The Morgan fingerprint density at radius 2 is 2.04 bits per heavy atom. The van der Waals surface area contributed by atoms with E-state index in [0.29, 0.717) is 13.2 Å². The second-order valence-corrected chi connectivity index (χ2v) is 7.71. The van der Waals surface area contributed by atoms with E-state index in [9.17, 15) is 9.90 Å². The zero-order chi connectivity index (χ0) is 18.7. The molecule has 6 heteroatoms. The summed E-state index contributed by atoms with van der Waals surface area (Å²) < 4.78 is 11.9. The van der Waals surface area contributed by atoms with Gasteiger partial charge in [0.15, 0.2) is 5.60 Å². The largest absolute Gasteiger partial charge is 0.488 e. The molecule has 3 rings (SSSR count). The Kier molecular flexibility index (Phi) is 5.85. The third kappa shape index (κ3) is 4.03. The van der Waals surface area contributed by atoms with Gasteiger partial charge in [-0.05, 0) is 38.3 Å². The van der Waals surface area contributed by atoms with Crippen molar-refractivity contribution in [3.63, 3.8) is 0 Å². The van der Waals surface area contributed by atoms with Crippen LogP contribution in [0.3, 0.4) is 0 Å². The molecule has 1 aliphatic heterocycles. The van der Waals surface area contributed by atoms with Crippen molar-refractivity contribution in [1.29, 1.82) is 0 Å². The molecular weight excluding hydrogens is 332 g/mol. The number of aliphatic hydroxyl groups is 1. The molecule has 26 heavy (non-hydrogen) atoms. The van der Waals surface area contributed by atoms with Gasteiger partial charge in [0.25, 0.3) is 5.91 Å². The van der Waals surface area contributed by atoms with E-state index in [1.165, 1.54) is 0 Å².